The summed E-state index contributed by atoms with van der Waals surface area (Å²) in [7, 11) is 0. The van der Waals surface area contributed by atoms with E-state index in [9.17, 15) is 0 Å². The van der Waals surface area contributed by atoms with Gasteiger partial charge >= 0.3 is 0 Å². The van der Waals surface area contributed by atoms with Crippen LogP contribution < -0.4 is 0 Å². The lowest BCUT2D eigenvalue weighted by atomic mass is 9.81. The van der Waals surface area contributed by atoms with Crippen molar-refractivity contribution in [2.75, 3.05) is 0 Å². The lowest BCUT2D eigenvalue weighted by Crippen LogP contribution is -2.15. The third-order valence-corrected chi connectivity index (χ3v) is 7.10. The zero-order chi connectivity index (χ0) is 22.2. The van der Waals surface area contributed by atoms with Gasteiger partial charge in [-0.2, -0.15) is 0 Å². The van der Waals surface area contributed by atoms with Gasteiger partial charge in [-0.1, -0.05) is 64.1 Å². The quantitative estimate of drug-likeness (QED) is 0.294. The highest BCUT2D eigenvalue weighted by Crippen LogP contribution is 2.52. The fourth-order valence-corrected chi connectivity index (χ4v) is 5.41. The number of pyridine rings is 2. The fourth-order valence-electron chi connectivity index (χ4n) is 5.41. The largest absolute Gasteiger partial charge is 0.437 e. The van der Waals surface area contributed by atoms with Crippen molar-refractivity contribution in [1.82, 2.24) is 9.97 Å². The van der Waals surface area contributed by atoms with Gasteiger partial charge in [0.05, 0.1) is 11.1 Å². The van der Waals surface area contributed by atoms with E-state index in [2.05, 4.69) is 83.1 Å². The Labute approximate surface area is 188 Å². The SMILES string of the molecule is Cc1ccc2c(oc3ncc4c(c32)C(C)(C)c2ccccc2-4)c1-c1cc(C(C)C)ccn1. The first-order chi connectivity index (χ1) is 15.4. The van der Waals surface area contributed by atoms with Crippen molar-refractivity contribution in [3.05, 3.63) is 83.2 Å². The normalized spacial score (nSPS) is 14.3. The molecule has 3 nitrogen and oxygen atoms in total. The minimum atomic E-state index is -0.120. The van der Waals surface area contributed by atoms with Crippen LogP contribution in [0.15, 0.2) is 65.3 Å². The molecule has 0 saturated heterocycles. The maximum atomic E-state index is 6.49. The molecule has 158 valence electrons. The first-order valence-corrected chi connectivity index (χ1v) is 11.3. The molecule has 1 aliphatic rings. The van der Waals surface area contributed by atoms with Crippen molar-refractivity contribution in [1.29, 1.82) is 0 Å². The maximum Gasteiger partial charge on any atom is 0.227 e. The lowest BCUT2D eigenvalue weighted by molar-refractivity contribution is 0.646. The second-order valence-corrected chi connectivity index (χ2v) is 9.76. The van der Waals surface area contributed by atoms with Crippen LogP contribution >= 0.6 is 0 Å². The lowest BCUT2D eigenvalue weighted by Gasteiger charge is -2.22. The Morgan fingerprint density at radius 1 is 0.938 bits per heavy atom. The molecule has 5 aromatic rings. The van der Waals surface area contributed by atoms with Gasteiger partial charge in [-0.25, -0.2) is 4.98 Å². The highest BCUT2D eigenvalue weighted by Gasteiger charge is 2.38. The minimum absolute atomic E-state index is 0.120. The number of benzene rings is 2. The molecule has 3 heterocycles. The van der Waals surface area contributed by atoms with Crippen molar-refractivity contribution in [3.63, 3.8) is 0 Å². The molecule has 0 unspecified atom stereocenters. The van der Waals surface area contributed by atoms with Crippen molar-refractivity contribution in [2.45, 2.75) is 46.0 Å². The van der Waals surface area contributed by atoms with Crippen LogP contribution in [0.4, 0.5) is 0 Å². The highest BCUT2D eigenvalue weighted by molar-refractivity contribution is 6.13. The highest BCUT2D eigenvalue weighted by atomic mass is 16.3. The summed E-state index contributed by atoms with van der Waals surface area (Å²) in [4.78, 5) is 9.50. The van der Waals surface area contributed by atoms with E-state index in [4.69, 9.17) is 14.4 Å². The summed E-state index contributed by atoms with van der Waals surface area (Å²) in [5, 5.41) is 2.24. The molecule has 0 aliphatic heterocycles. The summed E-state index contributed by atoms with van der Waals surface area (Å²) in [5.74, 6) is 0.441. The second kappa shape index (κ2) is 6.52. The number of furan rings is 1. The summed E-state index contributed by atoms with van der Waals surface area (Å²) in [6, 6.07) is 17.3. The molecule has 0 amide bonds. The number of hydrogen-bond donors (Lipinski definition) is 0. The van der Waals surface area contributed by atoms with Crippen LogP contribution in [0, 0.1) is 6.92 Å². The monoisotopic (exact) mass is 418 g/mol. The Hall–Kier alpha value is -3.46. The number of fused-ring (bicyclic) bond motifs is 7. The molecule has 0 bridgehead atoms. The second-order valence-electron chi connectivity index (χ2n) is 9.76. The van der Waals surface area contributed by atoms with Gasteiger partial charge in [0.2, 0.25) is 5.71 Å². The van der Waals surface area contributed by atoms with E-state index in [0.717, 1.165) is 33.2 Å². The van der Waals surface area contributed by atoms with Gasteiger partial charge in [0.1, 0.15) is 5.58 Å². The average Bonchev–Trinajstić information content (AvgIpc) is 3.26. The molecule has 6 rings (SSSR count). The standard InChI is InChI=1S/C29H26N2O/c1-16(2)18-12-13-30-23(14-18)24-17(3)10-11-20-25-26-21(15-31-28(25)32-27(20)24)19-8-6-7-9-22(19)29(26,4)5/h6-16H,1-5H3. The molecular weight excluding hydrogens is 392 g/mol. The minimum Gasteiger partial charge on any atom is -0.437 e. The van der Waals surface area contributed by atoms with E-state index in [1.807, 2.05) is 12.4 Å². The summed E-state index contributed by atoms with van der Waals surface area (Å²) in [6.45, 7) is 11.2. The Bertz CT molecular complexity index is 1540. The molecule has 0 fully saturated rings. The molecule has 32 heavy (non-hydrogen) atoms. The van der Waals surface area contributed by atoms with Gasteiger partial charge in [0, 0.05) is 34.3 Å². The van der Waals surface area contributed by atoms with Crippen LogP contribution in [-0.2, 0) is 5.41 Å². The molecule has 3 aromatic heterocycles. The Morgan fingerprint density at radius 3 is 2.56 bits per heavy atom. The topological polar surface area (TPSA) is 38.9 Å². The predicted molar refractivity (Wildman–Crippen MR) is 131 cm³/mol. The smallest absolute Gasteiger partial charge is 0.227 e. The van der Waals surface area contributed by atoms with E-state index >= 15 is 0 Å². The van der Waals surface area contributed by atoms with Gasteiger partial charge < -0.3 is 4.42 Å². The first-order valence-electron chi connectivity index (χ1n) is 11.3. The number of rotatable bonds is 2. The third-order valence-electron chi connectivity index (χ3n) is 7.10. The third kappa shape index (κ3) is 2.48. The first kappa shape index (κ1) is 19.2. The van der Waals surface area contributed by atoms with E-state index < -0.39 is 0 Å². The number of hydrogen-bond acceptors (Lipinski definition) is 3. The fraction of sp³-hybridized carbons (Fsp3) is 0.241. The molecule has 0 N–H and O–H groups in total. The van der Waals surface area contributed by atoms with Crippen LogP contribution in [0.25, 0.3) is 44.5 Å². The van der Waals surface area contributed by atoms with Gasteiger partial charge in [0.15, 0.2) is 0 Å². The Balaban J connectivity index is 1.71. The molecule has 0 atom stereocenters. The van der Waals surface area contributed by atoms with E-state index in [1.165, 1.54) is 27.8 Å². The van der Waals surface area contributed by atoms with Crippen molar-refractivity contribution >= 4 is 22.1 Å². The van der Waals surface area contributed by atoms with Crippen molar-refractivity contribution < 1.29 is 4.42 Å². The van der Waals surface area contributed by atoms with E-state index in [0.29, 0.717) is 11.6 Å². The van der Waals surface area contributed by atoms with Crippen LogP contribution in [0.2, 0.25) is 0 Å². The molecule has 2 aromatic carbocycles. The zero-order valence-electron chi connectivity index (χ0n) is 19.2. The Morgan fingerprint density at radius 2 is 1.75 bits per heavy atom. The molecule has 0 saturated carbocycles. The van der Waals surface area contributed by atoms with Gasteiger partial charge in [-0.3, -0.25) is 4.98 Å². The van der Waals surface area contributed by atoms with Gasteiger partial charge in [0.25, 0.3) is 0 Å². The molecule has 0 spiro atoms. The average molecular weight is 419 g/mol. The summed E-state index contributed by atoms with van der Waals surface area (Å²) in [6.07, 6.45) is 3.89. The number of aryl methyl sites for hydroxylation is 1. The molecule has 1 aliphatic carbocycles. The summed E-state index contributed by atoms with van der Waals surface area (Å²) < 4.78 is 6.49. The van der Waals surface area contributed by atoms with Crippen LogP contribution in [0.5, 0.6) is 0 Å². The van der Waals surface area contributed by atoms with Crippen LogP contribution in [0.3, 0.4) is 0 Å². The van der Waals surface area contributed by atoms with Crippen LogP contribution in [0.1, 0.15) is 55.9 Å². The van der Waals surface area contributed by atoms with E-state index in [1.54, 1.807) is 0 Å². The van der Waals surface area contributed by atoms with E-state index in [-0.39, 0.29) is 5.41 Å². The molecular formula is C29H26N2O. The van der Waals surface area contributed by atoms with Crippen LogP contribution in [-0.4, -0.2) is 9.97 Å². The predicted octanol–water partition coefficient (Wildman–Crippen LogP) is 7.78. The van der Waals surface area contributed by atoms with Gasteiger partial charge in [-0.05, 0) is 52.8 Å². The maximum absolute atomic E-state index is 6.49. The zero-order valence-corrected chi connectivity index (χ0v) is 19.2. The van der Waals surface area contributed by atoms with Crippen molar-refractivity contribution in [2.24, 2.45) is 0 Å². The number of nitrogens with zero attached hydrogens (tertiary/aromatic N) is 2. The molecule has 3 heteroatoms. The molecule has 0 radical (unpaired) electrons. The summed E-state index contributed by atoms with van der Waals surface area (Å²) in [5.41, 5.74) is 11.0. The number of aromatic nitrogens is 2. The Kier molecular flexibility index (Phi) is 3.92. The summed E-state index contributed by atoms with van der Waals surface area (Å²) >= 11 is 0. The van der Waals surface area contributed by atoms with Crippen molar-refractivity contribution in [3.8, 4) is 22.4 Å². The van der Waals surface area contributed by atoms with Gasteiger partial charge in [-0.15, -0.1) is 0 Å².